The summed E-state index contributed by atoms with van der Waals surface area (Å²) < 4.78 is 8.64. The molecule has 1 atom stereocenters. The lowest BCUT2D eigenvalue weighted by molar-refractivity contribution is 0.0206. The zero-order valence-corrected chi connectivity index (χ0v) is 15.1. The highest BCUT2D eigenvalue weighted by Crippen LogP contribution is 2.16. The van der Waals surface area contributed by atoms with Crippen molar-refractivity contribution in [3.8, 4) is 0 Å². The second-order valence-corrected chi connectivity index (χ2v) is 6.35. The zero-order valence-electron chi connectivity index (χ0n) is 13.5. The lowest BCUT2D eigenvalue weighted by Crippen LogP contribution is -2.30. The number of nitrogens with zero attached hydrogens (tertiary/aromatic N) is 3. The van der Waals surface area contributed by atoms with Crippen molar-refractivity contribution in [2.45, 2.75) is 19.3 Å². The molecule has 0 unspecified atom stereocenters. The van der Waals surface area contributed by atoms with Gasteiger partial charge in [-0.2, -0.15) is 0 Å². The molecule has 3 rings (SSSR count). The highest BCUT2D eigenvalue weighted by molar-refractivity contribution is 9.10. The van der Waals surface area contributed by atoms with Gasteiger partial charge in [0.25, 0.3) is 5.56 Å². The Kier molecular flexibility index (Phi) is 5.16. The standard InChI is InChI=1S/C16H17BrN4O4/c1-20-13-12(14(23)19-16(20)24)21(15(17)18-13)7-11(22)9-25-8-10-5-3-2-4-6-10/h2-6,11,22H,7-9H2,1H3,(H,19,23,24)/t11-/m0/s1. The van der Waals surface area contributed by atoms with Gasteiger partial charge in [-0.15, -0.1) is 0 Å². The summed E-state index contributed by atoms with van der Waals surface area (Å²) in [6, 6.07) is 9.63. The molecule has 2 aromatic heterocycles. The minimum absolute atomic E-state index is 0.102. The minimum Gasteiger partial charge on any atom is -0.389 e. The molecule has 0 spiro atoms. The van der Waals surface area contributed by atoms with Crippen LogP contribution in [0.25, 0.3) is 11.2 Å². The maximum absolute atomic E-state index is 12.1. The third-order valence-electron chi connectivity index (χ3n) is 3.78. The first-order chi connectivity index (χ1) is 12.0. The normalized spacial score (nSPS) is 12.6. The smallest absolute Gasteiger partial charge is 0.329 e. The molecule has 0 amide bonds. The van der Waals surface area contributed by atoms with Gasteiger partial charge in [0.05, 0.1) is 25.9 Å². The number of ether oxygens (including phenoxy) is 1. The van der Waals surface area contributed by atoms with Crippen LogP contribution in [0.4, 0.5) is 0 Å². The molecule has 0 aliphatic heterocycles. The van der Waals surface area contributed by atoms with E-state index in [9.17, 15) is 14.7 Å². The number of aliphatic hydroxyl groups is 1. The van der Waals surface area contributed by atoms with Crippen LogP contribution in [0.5, 0.6) is 0 Å². The fraction of sp³-hybridized carbons (Fsp3) is 0.312. The van der Waals surface area contributed by atoms with Crippen LogP contribution in [0, 0.1) is 0 Å². The van der Waals surface area contributed by atoms with Crippen molar-refractivity contribution < 1.29 is 9.84 Å². The molecule has 8 nitrogen and oxygen atoms in total. The van der Waals surface area contributed by atoms with Crippen LogP contribution in [-0.2, 0) is 24.9 Å². The molecule has 0 radical (unpaired) electrons. The van der Waals surface area contributed by atoms with Gasteiger partial charge in [-0.3, -0.25) is 14.3 Å². The van der Waals surface area contributed by atoms with Gasteiger partial charge >= 0.3 is 5.69 Å². The lowest BCUT2D eigenvalue weighted by Gasteiger charge is -2.13. The van der Waals surface area contributed by atoms with Crippen molar-refractivity contribution >= 4 is 27.1 Å². The summed E-state index contributed by atoms with van der Waals surface area (Å²) in [7, 11) is 1.52. The molecule has 0 aliphatic carbocycles. The number of benzene rings is 1. The average Bonchev–Trinajstić information content (AvgIpc) is 2.91. The second kappa shape index (κ2) is 7.34. The summed E-state index contributed by atoms with van der Waals surface area (Å²) in [5.74, 6) is 0. The molecular formula is C16H17BrN4O4. The summed E-state index contributed by atoms with van der Waals surface area (Å²) in [5.41, 5.74) is 0.389. The molecule has 0 fully saturated rings. The molecule has 0 aliphatic rings. The first-order valence-corrected chi connectivity index (χ1v) is 8.41. The van der Waals surface area contributed by atoms with Crippen LogP contribution >= 0.6 is 15.9 Å². The topological polar surface area (TPSA) is 102 Å². The maximum atomic E-state index is 12.1. The Labute approximate surface area is 150 Å². The second-order valence-electron chi connectivity index (χ2n) is 5.64. The SMILES string of the molecule is Cn1c(=O)[nH]c(=O)c2c1nc(Br)n2C[C@H](O)COCc1ccccc1. The van der Waals surface area contributed by atoms with E-state index in [1.54, 1.807) is 0 Å². The van der Waals surface area contributed by atoms with Gasteiger partial charge < -0.3 is 14.4 Å². The van der Waals surface area contributed by atoms with Crippen LogP contribution in [0.15, 0.2) is 44.7 Å². The van der Waals surface area contributed by atoms with Crippen molar-refractivity contribution in [1.82, 2.24) is 19.1 Å². The Hall–Kier alpha value is -2.23. The Bertz CT molecular complexity index is 993. The molecule has 0 saturated heterocycles. The average molecular weight is 409 g/mol. The summed E-state index contributed by atoms with van der Waals surface area (Å²) in [5, 5.41) is 10.2. The van der Waals surface area contributed by atoms with Crippen LogP contribution < -0.4 is 11.2 Å². The third-order valence-corrected chi connectivity index (χ3v) is 4.38. The van der Waals surface area contributed by atoms with Gasteiger partial charge in [-0.05, 0) is 21.5 Å². The van der Waals surface area contributed by atoms with Crippen LogP contribution in [0.1, 0.15) is 5.56 Å². The Morgan fingerprint density at radius 3 is 2.76 bits per heavy atom. The van der Waals surface area contributed by atoms with Crippen molar-refractivity contribution in [2.24, 2.45) is 7.05 Å². The lowest BCUT2D eigenvalue weighted by atomic mass is 10.2. The Morgan fingerprint density at radius 2 is 2.04 bits per heavy atom. The number of hydrogen-bond acceptors (Lipinski definition) is 5. The van der Waals surface area contributed by atoms with E-state index in [4.69, 9.17) is 4.74 Å². The summed E-state index contributed by atoms with van der Waals surface area (Å²) in [6.07, 6.45) is -0.839. The number of fused-ring (bicyclic) bond motifs is 1. The molecule has 2 N–H and O–H groups in total. The number of imidazole rings is 1. The third kappa shape index (κ3) is 3.73. The number of aliphatic hydroxyl groups excluding tert-OH is 1. The van der Waals surface area contributed by atoms with Gasteiger partial charge in [-0.25, -0.2) is 9.78 Å². The molecule has 0 bridgehead atoms. The van der Waals surface area contributed by atoms with E-state index in [0.717, 1.165) is 5.56 Å². The van der Waals surface area contributed by atoms with E-state index in [1.165, 1.54) is 16.2 Å². The molecular weight excluding hydrogens is 392 g/mol. The molecule has 0 saturated carbocycles. The number of hydrogen-bond donors (Lipinski definition) is 2. The van der Waals surface area contributed by atoms with Crippen LogP contribution in [0.2, 0.25) is 0 Å². The number of aromatic amines is 1. The van der Waals surface area contributed by atoms with Crippen LogP contribution in [-0.4, -0.2) is 36.9 Å². The van der Waals surface area contributed by atoms with Gasteiger partial charge in [0, 0.05) is 7.05 Å². The van der Waals surface area contributed by atoms with Gasteiger partial charge in [0.15, 0.2) is 15.9 Å². The molecule has 2 heterocycles. The number of nitrogens with one attached hydrogen (secondary N) is 1. The highest BCUT2D eigenvalue weighted by atomic mass is 79.9. The largest absolute Gasteiger partial charge is 0.389 e. The van der Waals surface area contributed by atoms with Gasteiger partial charge in [-0.1, -0.05) is 30.3 Å². The summed E-state index contributed by atoms with van der Waals surface area (Å²) in [4.78, 5) is 30.2. The van der Waals surface area contributed by atoms with Crippen molar-refractivity contribution in [3.05, 3.63) is 61.5 Å². The van der Waals surface area contributed by atoms with E-state index >= 15 is 0 Å². The fourth-order valence-corrected chi connectivity index (χ4v) is 3.02. The number of aryl methyl sites for hydroxylation is 1. The molecule has 25 heavy (non-hydrogen) atoms. The van der Waals surface area contributed by atoms with E-state index in [1.807, 2.05) is 30.3 Å². The highest BCUT2D eigenvalue weighted by Gasteiger charge is 2.18. The maximum Gasteiger partial charge on any atom is 0.329 e. The number of H-pyrrole nitrogens is 1. The van der Waals surface area contributed by atoms with Crippen molar-refractivity contribution in [3.63, 3.8) is 0 Å². The van der Waals surface area contributed by atoms with Crippen molar-refractivity contribution in [1.29, 1.82) is 0 Å². The summed E-state index contributed by atoms with van der Waals surface area (Å²) in [6.45, 7) is 0.594. The van der Waals surface area contributed by atoms with Crippen LogP contribution in [0.3, 0.4) is 0 Å². The number of halogens is 1. The minimum atomic E-state index is -0.839. The van der Waals surface area contributed by atoms with E-state index < -0.39 is 17.4 Å². The van der Waals surface area contributed by atoms with Gasteiger partial charge in [0.2, 0.25) is 0 Å². The van der Waals surface area contributed by atoms with E-state index in [2.05, 4.69) is 25.9 Å². The number of rotatable bonds is 6. The molecule has 9 heteroatoms. The quantitative estimate of drug-likeness (QED) is 0.586. The predicted molar refractivity (Wildman–Crippen MR) is 95.4 cm³/mol. The summed E-state index contributed by atoms with van der Waals surface area (Å²) >= 11 is 3.27. The monoisotopic (exact) mass is 408 g/mol. The molecule has 132 valence electrons. The first kappa shape index (κ1) is 17.6. The molecule has 1 aromatic carbocycles. The Morgan fingerprint density at radius 1 is 1.32 bits per heavy atom. The predicted octanol–water partition coefficient (Wildman–Crippen LogP) is 0.763. The van der Waals surface area contributed by atoms with Gasteiger partial charge in [0.1, 0.15) is 0 Å². The first-order valence-electron chi connectivity index (χ1n) is 7.62. The zero-order chi connectivity index (χ0) is 18.0. The van der Waals surface area contributed by atoms with E-state index in [0.29, 0.717) is 11.3 Å². The van der Waals surface area contributed by atoms with E-state index in [-0.39, 0.29) is 24.3 Å². The Balaban J connectivity index is 1.74. The van der Waals surface area contributed by atoms with Crippen molar-refractivity contribution in [2.75, 3.05) is 6.61 Å². The fourth-order valence-electron chi connectivity index (χ4n) is 2.53. The number of aromatic nitrogens is 4. The molecule has 3 aromatic rings.